The molecule has 2 aromatic carbocycles. The molecule has 0 saturated heterocycles. The summed E-state index contributed by atoms with van der Waals surface area (Å²) in [7, 11) is 0. The van der Waals surface area contributed by atoms with E-state index in [-0.39, 0.29) is 5.96 Å². The molecule has 1 amide bonds. The van der Waals surface area contributed by atoms with Gasteiger partial charge in [0.2, 0.25) is 0 Å². The molecule has 0 aliphatic carbocycles. The van der Waals surface area contributed by atoms with Gasteiger partial charge in [0.25, 0.3) is 5.91 Å². The van der Waals surface area contributed by atoms with Crippen molar-refractivity contribution in [2.24, 2.45) is 16.5 Å². The maximum Gasteiger partial charge on any atom is 0.280 e. The molecule has 1 heterocycles. The van der Waals surface area contributed by atoms with Gasteiger partial charge in [-0.3, -0.25) is 9.78 Å². The van der Waals surface area contributed by atoms with Gasteiger partial charge in [0.15, 0.2) is 11.6 Å². The van der Waals surface area contributed by atoms with Gasteiger partial charge in [0.1, 0.15) is 0 Å². The van der Waals surface area contributed by atoms with Crippen LogP contribution in [0.3, 0.4) is 0 Å². The predicted molar refractivity (Wildman–Crippen MR) is 93.6 cm³/mol. The standard InChI is InChI=1S/C18H13N5O/c1-21-13-5-2-11(3-6-13)14-8-9-22-16-7-4-12(10-15(14)16)17(24)23-18(19)20/h2-10H,(H4,19,20,23,24). The second-order valence-corrected chi connectivity index (χ2v) is 5.09. The highest BCUT2D eigenvalue weighted by Gasteiger charge is 2.10. The average molecular weight is 315 g/mol. The lowest BCUT2D eigenvalue weighted by molar-refractivity contribution is 0.100. The number of carbonyl (C=O) groups excluding carboxylic acids is 1. The smallest absolute Gasteiger partial charge is 0.280 e. The number of guanidine groups is 1. The van der Waals surface area contributed by atoms with E-state index in [9.17, 15) is 4.79 Å². The lowest BCUT2D eigenvalue weighted by Gasteiger charge is -2.08. The average Bonchev–Trinajstić information content (AvgIpc) is 2.60. The zero-order chi connectivity index (χ0) is 17.1. The number of hydrogen-bond donors (Lipinski definition) is 2. The van der Waals surface area contributed by atoms with Crippen LogP contribution in [0.1, 0.15) is 10.4 Å². The number of rotatable bonds is 2. The quantitative estimate of drug-likeness (QED) is 0.431. The minimum atomic E-state index is -0.505. The molecule has 0 fully saturated rings. The number of aliphatic imine (C=N–C) groups is 1. The Labute approximate surface area is 138 Å². The molecule has 0 saturated carbocycles. The summed E-state index contributed by atoms with van der Waals surface area (Å²) < 4.78 is 0. The van der Waals surface area contributed by atoms with Crippen molar-refractivity contribution in [3.8, 4) is 11.1 Å². The first-order valence-electron chi connectivity index (χ1n) is 7.09. The number of fused-ring (bicyclic) bond motifs is 1. The molecule has 3 rings (SSSR count). The van der Waals surface area contributed by atoms with Crippen LogP contribution in [0, 0.1) is 6.57 Å². The number of amides is 1. The number of hydrogen-bond acceptors (Lipinski definition) is 2. The number of benzene rings is 2. The number of carbonyl (C=O) groups is 1. The topological polar surface area (TPSA) is 98.7 Å². The molecule has 1 aromatic heterocycles. The Morgan fingerprint density at radius 3 is 2.50 bits per heavy atom. The molecule has 116 valence electrons. The molecular formula is C18H13N5O. The van der Waals surface area contributed by atoms with Crippen molar-refractivity contribution in [1.29, 1.82) is 0 Å². The SMILES string of the molecule is [C-]#[N+]c1ccc(-c2ccnc3ccc(C(=O)N=C(N)N)cc23)cc1. The minimum absolute atomic E-state index is 0.277. The number of nitrogens with zero attached hydrogens (tertiary/aromatic N) is 3. The first kappa shape index (κ1) is 15.2. The summed E-state index contributed by atoms with van der Waals surface area (Å²) >= 11 is 0. The lowest BCUT2D eigenvalue weighted by atomic mass is 9.99. The number of nitrogens with two attached hydrogens (primary N) is 2. The van der Waals surface area contributed by atoms with Crippen molar-refractivity contribution in [3.63, 3.8) is 0 Å². The largest absolute Gasteiger partial charge is 0.370 e. The van der Waals surface area contributed by atoms with Crippen molar-refractivity contribution in [2.45, 2.75) is 0 Å². The Hall–Kier alpha value is -3.72. The predicted octanol–water partition coefficient (Wildman–Crippen LogP) is 2.87. The fourth-order valence-electron chi connectivity index (χ4n) is 2.43. The van der Waals surface area contributed by atoms with Crippen molar-refractivity contribution in [3.05, 3.63) is 71.7 Å². The van der Waals surface area contributed by atoms with Gasteiger partial charge in [0.05, 0.1) is 12.1 Å². The van der Waals surface area contributed by atoms with Crippen LogP contribution in [0.4, 0.5) is 5.69 Å². The molecule has 6 heteroatoms. The summed E-state index contributed by atoms with van der Waals surface area (Å²) in [6.07, 6.45) is 1.71. The number of pyridine rings is 1. The van der Waals surface area contributed by atoms with E-state index in [1.165, 1.54) is 0 Å². The molecule has 4 N–H and O–H groups in total. The first-order valence-corrected chi connectivity index (χ1v) is 7.09. The molecule has 0 spiro atoms. The van der Waals surface area contributed by atoms with Crippen molar-refractivity contribution in [1.82, 2.24) is 4.98 Å². The summed E-state index contributed by atoms with van der Waals surface area (Å²) in [6.45, 7) is 7.03. The maximum absolute atomic E-state index is 12.0. The molecule has 0 aliphatic rings. The van der Waals surface area contributed by atoms with Crippen LogP contribution in [0.25, 0.3) is 26.9 Å². The van der Waals surface area contributed by atoms with Crippen LogP contribution in [-0.4, -0.2) is 16.9 Å². The Morgan fingerprint density at radius 1 is 1.08 bits per heavy atom. The van der Waals surface area contributed by atoms with Gasteiger partial charge >= 0.3 is 0 Å². The van der Waals surface area contributed by atoms with E-state index in [1.54, 1.807) is 36.5 Å². The maximum atomic E-state index is 12.0. The Morgan fingerprint density at radius 2 is 1.83 bits per heavy atom. The second-order valence-electron chi connectivity index (χ2n) is 5.09. The lowest BCUT2D eigenvalue weighted by Crippen LogP contribution is -2.24. The van der Waals surface area contributed by atoms with E-state index < -0.39 is 5.91 Å². The van der Waals surface area contributed by atoms with Crippen molar-refractivity contribution >= 4 is 28.5 Å². The number of aromatic nitrogens is 1. The van der Waals surface area contributed by atoms with Crippen LogP contribution in [-0.2, 0) is 0 Å². The Kier molecular flexibility index (Phi) is 3.91. The summed E-state index contributed by atoms with van der Waals surface area (Å²) in [6, 6.07) is 14.2. The third kappa shape index (κ3) is 2.91. The third-order valence-electron chi connectivity index (χ3n) is 3.53. The van der Waals surface area contributed by atoms with E-state index in [0.29, 0.717) is 11.3 Å². The molecular weight excluding hydrogens is 302 g/mol. The summed E-state index contributed by atoms with van der Waals surface area (Å²) in [5.41, 5.74) is 14.1. The molecule has 6 nitrogen and oxygen atoms in total. The van der Waals surface area contributed by atoms with Gasteiger partial charge < -0.3 is 11.5 Å². The normalized spacial score (nSPS) is 10.1. The third-order valence-corrected chi connectivity index (χ3v) is 3.53. The zero-order valence-electron chi connectivity index (χ0n) is 12.6. The van der Waals surface area contributed by atoms with Crippen LogP contribution < -0.4 is 11.5 Å². The van der Waals surface area contributed by atoms with E-state index >= 15 is 0 Å². The Bertz CT molecular complexity index is 996. The van der Waals surface area contributed by atoms with Crippen LogP contribution >= 0.6 is 0 Å². The summed E-state index contributed by atoms with van der Waals surface area (Å²) in [5, 5.41) is 0.810. The summed E-state index contributed by atoms with van der Waals surface area (Å²) in [4.78, 5) is 23.3. The van der Waals surface area contributed by atoms with Crippen LogP contribution in [0.15, 0.2) is 59.7 Å². The highest BCUT2D eigenvalue weighted by Crippen LogP contribution is 2.29. The fraction of sp³-hybridized carbons (Fsp3) is 0. The second kappa shape index (κ2) is 6.18. The van der Waals surface area contributed by atoms with Gasteiger partial charge in [-0.15, -0.1) is 0 Å². The molecule has 0 bridgehead atoms. The zero-order valence-corrected chi connectivity index (χ0v) is 12.6. The Balaban J connectivity index is 2.16. The van der Waals surface area contributed by atoms with Crippen LogP contribution in [0.5, 0.6) is 0 Å². The van der Waals surface area contributed by atoms with Gasteiger partial charge in [0, 0.05) is 17.1 Å². The van der Waals surface area contributed by atoms with Gasteiger partial charge in [-0.05, 0) is 35.4 Å². The van der Waals surface area contributed by atoms with Crippen molar-refractivity contribution < 1.29 is 4.79 Å². The van der Waals surface area contributed by atoms with Crippen LogP contribution in [0.2, 0.25) is 0 Å². The molecule has 0 aliphatic heterocycles. The van der Waals surface area contributed by atoms with E-state index in [0.717, 1.165) is 22.0 Å². The van der Waals surface area contributed by atoms with Gasteiger partial charge in [-0.25, -0.2) is 4.85 Å². The van der Waals surface area contributed by atoms with Gasteiger partial charge in [-0.2, -0.15) is 4.99 Å². The van der Waals surface area contributed by atoms with E-state index in [4.69, 9.17) is 18.0 Å². The highest BCUT2D eigenvalue weighted by molar-refractivity contribution is 6.05. The molecule has 0 radical (unpaired) electrons. The highest BCUT2D eigenvalue weighted by atomic mass is 16.1. The fourth-order valence-corrected chi connectivity index (χ4v) is 2.43. The van der Waals surface area contributed by atoms with Crippen molar-refractivity contribution in [2.75, 3.05) is 0 Å². The van der Waals surface area contributed by atoms with E-state index in [2.05, 4.69) is 14.8 Å². The minimum Gasteiger partial charge on any atom is -0.370 e. The first-order chi connectivity index (χ1) is 11.6. The molecule has 3 aromatic rings. The monoisotopic (exact) mass is 315 g/mol. The molecule has 0 atom stereocenters. The summed E-state index contributed by atoms with van der Waals surface area (Å²) in [5.74, 6) is -0.781. The van der Waals surface area contributed by atoms with E-state index in [1.807, 2.05) is 18.2 Å². The molecule has 24 heavy (non-hydrogen) atoms. The van der Waals surface area contributed by atoms with Gasteiger partial charge in [-0.1, -0.05) is 24.3 Å². The molecule has 0 unspecified atom stereocenters.